The van der Waals surface area contributed by atoms with Crippen LogP contribution in [0, 0.1) is 0 Å². The van der Waals surface area contributed by atoms with Crippen molar-refractivity contribution >= 4 is 29.0 Å². The number of thioether (sulfide) groups is 1. The molecule has 0 spiro atoms. The quantitative estimate of drug-likeness (QED) is 0.435. The van der Waals surface area contributed by atoms with Crippen molar-refractivity contribution < 1.29 is 17.9 Å². The number of benzene rings is 1. The second-order valence-corrected chi connectivity index (χ2v) is 7.50. The van der Waals surface area contributed by atoms with Gasteiger partial charge in [-0.15, -0.1) is 0 Å². The zero-order chi connectivity index (χ0) is 22.7. The van der Waals surface area contributed by atoms with E-state index < -0.39 is 11.7 Å². The van der Waals surface area contributed by atoms with E-state index in [2.05, 4.69) is 30.1 Å². The molecular formula is C20H16F3N7OS. The van der Waals surface area contributed by atoms with E-state index in [9.17, 15) is 13.2 Å². The first kappa shape index (κ1) is 21.7. The first-order valence-electron chi connectivity index (χ1n) is 9.27. The zero-order valence-electron chi connectivity index (χ0n) is 16.7. The molecule has 164 valence electrons. The van der Waals surface area contributed by atoms with E-state index in [0.29, 0.717) is 40.1 Å². The molecule has 0 saturated carbocycles. The largest absolute Gasteiger partial charge is 0.436 e. The van der Waals surface area contributed by atoms with Gasteiger partial charge in [0.05, 0.1) is 23.7 Å². The lowest BCUT2D eigenvalue weighted by molar-refractivity contribution is -0.137. The van der Waals surface area contributed by atoms with Crippen LogP contribution in [0.25, 0.3) is 0 Å². The van der Waals surface area contributed by atoms with Gasteiger partial charge in [0.2, 0.25) is 5.88 Å². The van der Waals surface area contributed by atoms with Gasteiger partial charge >= 0.3 is 6.18 Å². The molecule has 3 heterocycles. The Labute approximate surface area is 184 Å². The normalized spacial score (nSPS) is 13.6. The zero-order valence-corrected chi connectivity index (χ0v) is 17.5. The number of nitrogens with two attached hydrogens (primary N) is 1. The van der Waals surface area contributed by atoms with Gasteiger partial charge in [-0.25, -0.2) is 15.0 Å². The fourth-order valence-corrected chi connectivity index (χ4v) is 3.29. The topological polar surface area (TPSA) is 112 Å². The van der Waals surface area contributed by atoms with Crippen molar-refractivity contribution in [3.8, 4) is 11.6 Å². The Hall–Kier alpha value is -3.54. The summed E-state index contributed by atoms with van der Waals surface area (Å²) in [6.07, 6.45) is 0.962. The number of nitrogen functional groups attached to an aromatic ring is 1. The maximum absolute atomic E-state index is 12.9. The standard InChI is InChI=1S/C20H16F3N7OS/c1-32-19-27-16(24)8-17(28-19)31-14-9-25-18(26-10-14)15-7-13(29-30-15)6-11-3-2-4-12(5-11)20(21,22)23/h2-5,8-10H,6-7H2,1H3,(H2,24,27,28). The third-order valence-corrected chi connectivity index (χ3v) is 4.89. The van der Waals surface area contributed by atoms with Crippen molar-refractivity contribution in [2.45, 2.75) is 24.2 Å². The van der Waals surface area contributed by atoms with E-state index in [0.717, 1.165) is 12.1 Å². The van der Waals surface area contributed by atoms with Crippen LogP contribution in [0.1, 0.15) is 23.4 Å². The summed E-state index contributed by atoms with van der Waals surface area (Å²) in [5.41, 5.74) is 6.70. The van der Waals surface area contributed by atoms with Crippen molar-refractivity contribution in [1.82, 2.24) is 19.9 Å². The molecule has 0 bridgehead atoms. The highest BCUT2D eigenvalue weighted by molar-refractivity contribution is 7.98. The molecule has 0 saturated heterocycles. The van der Waals surface area contributed by atoms with Gasteiger partial charge in [0.15, 0.2) is 16.7 Å². The minimum Gasteiger partial charge on any atom is -0.436 e. The molecule has 2 N–H and O–H groups in total. The Morgan fingerprint density at radius 1 is 1.09 bits per heavy atom. The highest BCUT2D eigenvalue weighted by Gasteiger charge is 2.30. The molecule has 0 radical (unpaired) electrons. The minimum atomic E-state index is -4.39. The molecule has 32 heavy (non-hydrogen) atoms. The van der Waals surface area contributed by atoms with Crippen molar-refractivity contribution in [1.29, 1.82) is 0 Å². The Kier molecular flexibility index (Phi) is 6.04. The number of nitrogens with zero attached hydrogens (tertiary/aromatic N) is 6. The van der Waals surface area contributed by atoms with Gasteiger partial charge in [-0.3, -0.25) is 0 Å². The molecule has 12 heteroatoms. The lowest BCUT2D eigenvalue weighted by Crippen LogP contribution is -2.11. The van der Waals surface area contributed by atoms with Crippen molar-refractivity contribution in [2.24, 2.45) is 10.2 Å². The van der Waals surface area contributed by atoms with Crippen LogP contribution in [0.5, 0.6) is 11.6 Å². The summed E-state index contributed by atoms with van der Waals surface area (Å²) >= 11 is 1.33. The van der Waals surface area contributed by atoms with Crippen molar-refractivity contribution in [2.75, 3.05) is 12.0 Å². The molecule has 0 aliphatic carbocycles. The first-order chi connectivity index (χ1) is 15.3. The second kappa shape index (κ2) is 8.91. The average Bonchev–Trinajstić information content (AvgIpc) is 3.22. The lowest BCUT2D eigenvalue weighted by Gasteiger charge is -2.08. The van der Waals surface area contributed by atoms with Crippen LogP contribution >= 0.6 is 11.8 Å². The number of hydrogen-bond acceptors (Lipinski definition) is 9. The molecule has 1 aliphatic heterocycles. The Morgan fingerprint density at radius 2 is 1.88 bits per heavy atom. The Morgan fingerprint density at radius 3 is 2.59 bits per heavy atom. The molecule has 0 amide bonds. The molecular weight excluding hydrogens is 443 g/mol. The summed E-state index contributed by atoms with van der Waals surface area (Å²) in [5.74, 6) is 1.25. The van der Waals surface area contributed by atoms with Gasteiger partial charge in [-0.05, 0) is 17.9 Å². The predicted octanol–water partition coefficient (Wildman–Crippen LogP) is 4.17. The SMILES string of the molecule is CSc1nc(N)cc(Oc2cnc(C3=NN=C(Cc4cccc(C(F)(F)F)c4)C3)nc2)n1. The number of rotatable bonds is 6. The van der Waals surface area contributed by atoms with Gasteiger partial charge in [0, 0.05) is 18.9 Å². The van der Waals surface area contributed by atoms with Crippen LogP contribution in [0.2, 0.25) is 0 Å². The summed E-state index contributed by atoms with van der Waals surface area (Å²) in [5, 5.41) is 8.63. The van der Waals surface area contributed by atoms with E-state index in [1.165, 1.54) is 36.3 Å². The number of hydrogen-bond donors (Lipinski definition) is 1. The number of halogens is 3. The molecule has 1 aromatic carbocycles. The highest BCUT2D eigenvalue weighted by atomic mass is 32.2. The molecule has 0 fully saturated rings. The molecule has 1 aliphatic rings. The molecule has 3 aromatic rings. The van der Waals surface area contributed by atoms with E-state index >= 15 is 0 Å². The molecule has 8 nitrogen and oxygen atoms in total. The third kappa shape index (κ3) is 5.19. The maximum atomic E-state index is 12.9. The molecule has 2 aromatic heterocycles. The van der Waals surface area contributed by atoms with Gasteiger partial charge in [-0.1, -0.05) is 30.0 Å². The van der Waals surface area contributed by atoms with Crippen LogP contribution in [0.3, 0.4) is 0 Å². The second-order valence-electron chi connectivity index (χ2n) is 6.73. The average molecular weight is 459 g/mol. The third-order valence-electron chi connectivity index (χ3n) is 4.34. The van der Waals surface area contributed by atoms with E-state index in [-0.39, 0.29) is 18.1 Å². The molecule has 0 unspecified atom stereocenters. The fraction of sp³-hybridized carbons (Fsp3) is 0.200. The Balaban J connectivity index is 1.39. The smallest absolute Gasteiger partial charge is 0.416 e. The summed E-state index contributed by atoms with van der Waals surface area (Å²) in [7, 11) is 0. The monoisotopic (exact) mass is 459 g/mol. The number of alkyl halides is 3. The fourth-order valence-electron chi connectivity index (χ4n) is 2.91. The highest BCUT2D eigenvalue weighted by Crippen LogP contribution is 2.30. The minimum absolute atomic E-state index is 0.255. The van der Waals surface area contributed by atoms with Crippen LogP contribution in [-0.2, 0) is 12.6 Å². The Bertz CT molecular complexity index is 1200. The van der Waals surface area contributed by atoms with Crippen LogP contribution in [0.4, 0.5) is 19.0 Å². The van der Waals surface area contributed by atoms with Gasteiger partial charge in [0.25, 0.3) is 0 Å². The summed E-state index contributed by atoms with van der Waals surface area (Å²) in [6.45, 7) is 0. The van der Waals surface area contributed by atoms with Crippen molar-refractivity contribution in [3.63, 3.8) is 0 Å². The van der Waals surface area contributed by atoms with E-state index in [4.69, 9.17) is 10.5 Å². The van der Waals surface area contributed by atoms with E-state index in [1.54, 1.807) is 6.07 Å². The summed E-state index contributed by atoms with van der Waals surface area (Å²) in [4.78, 5) is 16.7. The van der Waals surface area contributed by atoms with Crippen LogP contribution in [-0.4, -0.2) is 37.6 Å². The van der Waals surface area contributed by atoms with E-state index in [1.807, 2.05) is 6.26 Å². The maximum Gasteiger partial charge on any atom is 0.416 e. The van der Waals surface area contributed by atoms with Crippen LogP contribution in [0.15, 0.2) is 58.1 Å². The van der Waals surface area contributed by atoms with Gasteiger partial charge in [-0.2, -0.15) is 28.4 Å². The van der Waals surface area contributed by atoms with Gasteiger partial charge in [0.1, 0.15) is 11.5 Å². The number of ether oxygens (including phenoxy) is 1. The number of aromatic nitrogens is 4. The van der Waals surface area contributed by atoms with Crippen LogP contribution < -0.4 is 10.5 Å². The molecule has 0 atom stereocenters. The first-order valence-corrected chi connectivity index (χ1v) is 10.5. The van der Waals surface area contributed by atoms with Gasteiger partial charge < -0.3 is 10.5 Å². The lowest BCUT2D eigenvalue weighted by atomic mass is 10.0. The number of anilines is 1. The predicted molar refractivity (Wildman–Crippen MR) is 114 cm³/mol. The summed E-state index contributed by atoms with van der Waals surface area (Å²) in [6, 6.07) is 6.65. The molecule has 4 rings (SSSR count). The summed E-state index contributed by atoms with van der Waals surface area (Å²) < 4.78 is 44.3. The van der Waals surface area contributed by atoms with Crippen molar-refractivity contribution in [3.05, 3.63) is 59.7 Å².